The monoisotopic (exact) mass is 672 g/mol. The molecule has 248 valence electrons. The third-order valence-corrected chi connectivity index (χ3v) is 10.6. The van der Waals surface area contributed by atoms with Crippen LogP contribution in [0.1, 0.15) is 40.1 Å². The molecule has 11 rings (SSSR count). The minimum absolute atomic E-state index is 0.264. The smallest absolute Gasteiger partial charge is 0.202 e. The van der Waals surface area contributed by atoms with Crippen molar-refractivity contribution in [1.82, 2.24) is 10.6 Å². The molecule has 3 N–H and O–H groups in total. The normalized spacial score (nSPS) is 17.2. The Labute approximate surface area is 299 Å². The third-order valence-electron chi connectivity index (χ3n) is 10.6. The number of fused-ring (bicyclic) bond motifs is 8. The molecule has 2 unspecified atom stereocenters. The second-order valence-corrected chi connectivity index (χ2v) is 13.6. The number of anilines is 1. The van der Waals surface area contributed by atoms with Crippen molar-refractivity contribution >= 4 is 71.7 Å². The average Bonchev–Trinajstić information content (AvgIpc) is 3.77. The van der Waals surface area contributed by atoms with Crippen LogP contribution in [0.5, 0.6) is 0 Å². The third kappa shape index (κ3) is 4.58. The van der Waals surface area contributed by atoms with Gasteiger partial charge >= 0.3 is 0 Å². The van der Waals surface area contributed by atoms with Crippen LogP contribution >= 0.6 is 0 Å². The van der Waals surface area contributed by atoms with E-state index in [0.29, 0.717) is 6.54 Å². The molecule has 2 aromatic heterocycles. The van der Waals surface area contributed by atoms with E-state index in [-0.39, 0.29) is 12.3 Å². The Kier molecular flexibility index (Phi) is 6.42. The first-order chi connectivity index (χ1) is 25.7. The Bertz CT molecular complexity index is 2940. The van der Waals surface area contributed by atoms with Crippen molar-refractivity contribution in [3.8, 4) is 0 Å². The van der Waals surface area contributed by atoms with Crippen LogP contribution in [0.25, 0.3) is 60.0 Å². The number of amidine groups is 1. The molecule has 2 aliphatic heterocycles. The lowest BCUT2D eigenvalue weighted by Gasteiger charge is -2.34. The number of aliphatic imine (C=N–C) groups is 1. The fourth-order valence-electron chi connectivity index (χ4n) is 8.15. The first-order valence-electron chi connectivity index (χ1n) is 17.7. The zero-order chi connectivity index (χ0) is 34.2. The maximum Gasteiger partial charge on any atom is 0.202 e. The molecule has 7 aromatic carbocycles. The molecule has 0 radical (unpaired) electrons. The van der Waals surface area contributed by atoms with Gasteiger partial charge in [-0.15, -0.1) is 0 Å². The molecule has 6 nitrogen and oxygen atoms in total. The number of nitrogens with zero attached hydrogens (tertiary/aromatic N) is 1. The van der Waals surface area contributed by atoms with E-state index in [0.717, 1.165) is 88.8 Å². The molecule has 0 fully saturated rings. The first kappa shape index (κ1) is 29.1. The summed E-state index contributed by atoms with van der Waals surface area (Å²) in [5.74, 6) is 1.63. The second-order valence-electron chi connectivity index (χ2n) is 13.6. The number of nitrogens with one attached hydrogen (secondary N) is 3. The Morgan fingerprint density at radius 2 is 1.29 bits per heavy atom. The standard InChI is InChI=1S/C46H32N4O2/c1-2-11-27(12-3-1)43-48-44(34-18-10-20-39-41(34)33-17-8-9-19-38(33)51-39)50-45(49-43)36-24-29-14-5-4-13-28(29)23-35(36)32-21-22-47-46-42(32)37-25-30-15-6-7-16-31(30)26-40(37)52-46/h1-21,23-26,44-45,47,50H,22H2,(H,48,49). The van der Waals surface area contributed by atoms with Gasteiger partial charge in [0.25, 0.3) is 0 Å². The molecular formula is C46H32N4O2. The minimum atomic E-state index is -0.382. The van der Waals surface area contributed by atoms with Gasteiger partial charge in [0.15, 0.2) is 0 Å². The van der Waals surface area contributed by atoms with E-state index < -0.39 is 0 Å². The number of rotatable bonds is 4. The van der Waals surface area contributed by atoms with Gasteiger partial charge in [0.2, 0.25) is 5.88 Å². The number of benzene rings is 7. The van der Waals surface area contributed by atoms with Gasteiger partial charge in [-0.2, -0.15) is 0 Å². The van der Waals surface area contributed by atoms with Crippen molar-refractivity contribution in [2.24, 2.45) is 4.99 Å². The first-order valence-corrected chi connectivity index (χ1v) is 17.7. The maximum absolute atomic E-state index is 6.53. The van der Waals surface area contributed by atoms with Crippen LogP contribution in [0.4, 0.5) is 5.88 Å². The highest BCUT2D eigenvalue weighted by atomic mass is 16.4. The van der Waals surface area contributed by atoms with E-state index in [9.17, 15) is 0 Å². The number of hydrogen-bond acceptors (Lipinski definition) is 6. The van der Waals surface area contributed by atoms with Crippen molar-refractivity contribution in [2.45, 2.75) is 12.3 Å². The molecule has 0 aliphatic carbocycles. The summed E-state index contributed by atoms with van der Waals surface area (Å²) in [6, 6.07) is 51.0. The van der Waals surface area contributed by atoms with Crippen LogP contribution in [0, 0.1) is 0 Å². The molecule has 2 atom stereocenters. The Morgan fingerprint density at radius 1 is 0.577 bits per heavy atom. The van der Waals surface area contributed by atoms with Crippen molar-refractivity contribution in [3.05, 3.63) is 179 Å². The lowest BCUT2D eigenvalue weighted by Crippen LogP contribution is -2.45. The maximum atomic E-state index is 6.53. The van der Waals surface area contributed by atoms with E-state index >= 15 is 0 Å². The number of furan rings is 2. The van der Waals surface area contributed by atoms with E-state index in [4.69, 9.17) is 13.8 Å². The van der Waals surface area contributed by atoms with Crippen LogP contribution < -0.4 is 16.0 Å². The van der Waals surface area contributed by atoms with Crippen molar-refractivity contribution in [1.29, 1.82) is 0 Å². The SMILES string of the molecule is C1=C(c2cc3ccccc3cc2C2N=C(c3ccccc3)NC(c3cccc4oc5ccccc5c34)N2)c2c(oc3cc4ccccc4cc23)NC1. The van der Waals surface area contributed by atoms with Crippen LogP contribution in [0.2, 0.25) is 0 Å². The number of hydrogen-bond donors (Lipinski definition) is 3. The summed E-state index contributed by atoms with van der Waals surface area (Å²) >= 11 is 0. The summed E-state index contributed by atoms with van der Waals surface area (Å²) in [4.78, 5) is 5.44. The topological polar surface area (TPSA) is 74.7 Å². The van der Waals surface area contributed by atoms with E-state index in [1.165, 1.54) is 10.8 Å². The zero-order valence-corrected chi connectivity index (χ0v) is 28.1. The minimum Gasteiger partial charge on any atom is -0.456 e. The van der Waals surface area contributed by atoms with Crippen molar-refractivity contribution in [2.75, 3.05) is 11.9 Å². The van der Waals surface area contributed by atoms with E-state index in [1.54, 1.807) is 0 Å². The Balaban J connectivity index is 1.13. The molecule has 6 heteroatoms. The van der Waals surface area contributed by atoms with Crippen LogP contribution in [0.3, 0.4) is 0 Å². The van der Waals surface area contributed by atoms with Gasteiger partial charge < -0.3 is 19.5 Å². The highest BCUT2D eigenvalue weighted by Crippen LogP contribution is 2.45. The highest BCUT2D eigenvalue weighted by molar-refractivity contribution is 6.09. The van der Waals surface area contributed by atoms with Gasteiger partial charge in [-0.05, 0) is 74.6 Å². The molecule has 0 spiro atoms. The Morgan fingerprint density at radius 3 is 2.13 bits per heavy atom. The molecule has 0 saturated carbocycles. The summed E-state index contributed by atoms with van der Waals surface area (Å²) < 4.78 is 12.9. The van der Waals surface area contributed by atoms with Gasteiger partial charge in [-0.3, -0.25) is 5.32 Å². The second kappa shape index (κ2) is 11.5. The number of para-hydroxylation sites is 1. The lowest BCUT2D eigenvalue weighted by atomic mass is 9.87. The van der Waals surface area contributed by atoms with Crippen LogP contribution in [-0.2, 0) is 0 Å². The van der Waals surface area contributed by atoms with Gasteiger partial charge in [-0.1, -0.05) is 115 Å². The lowest BCUT2D eigenvalue weighted by molar-refractivity contribution is 0.411. The van der Waals surface area contributed by atoms with Crippen molar-refractivity contribution < 1.29 is 8.83 Å². The predicted molar refractivity (Wildman–Crippen MR) is 212 cm³/mol. The molecule has 9 aromatic rings. The summed E-state index contributed by atoms with van der Waals surface area (Å²) in [5, 5.41) is 19.2. The molecule has 0 bridgehead atoms. The van der Waals surface area contributed by atoms with Gasteiger partial charge in [0.05, 0.1) is 5.56 Å². The molecule has 0 amide bonds. The molecule has 2 aliphatic rings. The average molecular weight is 673 g/mol. The summed E-state index contributed by atoms with van der Waals surface area (Å²) in [5.41, 5.74) is 9.18. The Hall–Kier alpha value is -6.63. The summed E-state index contributed by atoms with van der Waals surface area (Å²) in [6.07, 6.45) is 1.65. The van der Waals surface area contributed by atoms with E-state index in [2.05, 4.69) is 143 Å². The van der Waals surface area contributed by atoms with Gasteiger partial charge in [0.1, 0.15) is 34.9 Å². The molecule has 52 heavy (non-hydrogen) atoms. The van der Waals surface area contributed by atoms with Crippen molar-refractivity contribution in [3.63, 3.8) is 0 Å². The fourth-order valence-corrected chi connectivity index (χ4v) is 8.15. The van der Waals surface area contributed by atoms with Crippen LogP contribution in [-0.4, -0.2) is 12.4 Å². The molecular weight excluding hydrogens is 641 g/mol. The molecule has 4 heterocycles. The summed E-state index contributed by atoms with van der Waals surface area (Å²) in [7, 11) is 0. The van der Waals surface area contributed by atoms with Crippen LogP contribution in [0.15, 0.2) is 165 Å². The summed E-state index contributed by atoms with van der Waals surface area (Å²) in [6.45, 7) is 0.657. The zero-order valence-electron chi connectivity index (χ0n) is 28.1. The van der Waals surface area contributed by atoms with Gasteiger partial charge in [0, 0.05) is 33.8 Å². The van der Waals surface area contributed by atoms with Gasteiger partial charge in [-0.25, -0.2) is 4.99 Å². The quantitative estimate of drug-likeness (QED) is 0.174. The van der Waals surface area contributed by atoms with E-state index in [1.807, 2.05) is 24.3 Å². The predicted octanol–water partition coefficient (Wildman–Crippen LogP) is 10.8. The molecule has 0 saturated heterocycles. The largest absolute Gasteiger partial charge is 0.456 e. The highest BCUT2D eigenvalue weighted by Gasteiger charge is 2.31. The fraction of sp³-hybridized carbons (Fsp3) is 0.0652.